The van der Waals surface area contributed by atoms with Gasteiger partial charge in [-0.05, 0) is 19.4 Å². The van der Waals surface area contributed by atoms with E-state index in [0.29, 0.717) is 0 Å². The second kappa shape index (κ2) is 6.27. The lowest BCUT2D eigenvalue weighted by Gasteiger charge is -2.08. The molecule has 0 saturated carbocycles. The molecule has 15 heavy (non-hydrogen) atoms. The van der Waals surface area contributed by atoms with Gasteiger partial charge in [0.2, 0.25) is 0 Å². The smallest absolute Gasteiger partial charge is 0.250 e. The number of hydrogen-bond donors (Lipinski definition) is 1. The molecule has 0 aliphatic carbocycles. The largest absolute Gasteiger partial charge is 0.384 e. The van der Waals surface area contributed by atoms with Crippen LogP contribution in [-0.2, 0) is 6.54 Å². The van der Waals surface area contributed by atoms with E-state index in [1.54, 1.807) is 10.6 Å². The Bertz CT molecular complexity index is 344. The summed E-state index contributed by atoms with van der Waals surface area (Å²) in [6.07, 6.45) is 5.55. The molecule has 3 nitrogen and oxygen atoms in total. The van der Waals surface area contributed by atoms with Crippen molar-refractivity contribution in [2.24, 2.45) is 0 Å². The second-order valence-electron chi connectivity index (χ2n) is 3.68. The fourth-order valence-electron chi connectivity index (χ4n) is 1.49. The summed E-state index contributed by atoms with van der Waals surface area (Å²) in [5.74, 6) is 0. The molecule has 0 amide bonds. The van der Waals surface area contributed by atoms with E-state index in [0.717, 1.165) is 18.8 Å². The first-order chi connectivity index (χ1) is 7.27. The van der Waals surface area contributed by atoms with Crippen molar-refractivity contribution in [1.29, 1.82) is 0 Å². The summed E-state index contributed by atoms with van der Waals surface area (Å²) in [6, 6.07) is 3.46. The van der Waals surface area contributed by atoms with Gasteiger partial charge in [-0.2, -0.15) is 0 Å². The predicted molar refractivity (Wildman–Crippen MR) is 64.4 cm³/mol. The number of hydrogen-bond acceptors (Lipinski definition) is 2. The first-order valence-electron chi connectivity index (χ1n) is 5.72. The van der Waals surface area contributed by atoms with Gasteiger partial charge in [0.15, 0.2) is 0 Å². The van der Waals surface area contributed by atoms with Gasteiger partial charge < -0.3 is 9.88 Å². The number of nitrogens with one attached hydrogen (secondary N) is 1. The summed E-state index contributed by atoms with van der Waals surface area (Å²) >= 11 is 0. The van der Waals surface area contributed by atoms with E-state index >= 15 is 0 Å². The third-order valence-electron chi connectivity index (χ3n) is 2.43. The lowest BCUT2D eigenvalue weighted by atomic mass is 10.2. The van der Waals surface area contributed by atoms with Crippen LogP contribution in [0.5, 0.6) is 0 Å². The molecule has 0 atom stereocenters. The Kier molecular flexibility index (Phi) is 4.95. The zero-order chi connectivity index (χ0) is 11.1. The van der Waals surface area contributed by atoms with Crippen LogP contribution in [0.2, 0.25) is 0 Å². The number of pyridine rings is 1. The maximum absolute atomic E-state index is 11.3. The van der Waals surface area contributed by atoms with Crippen LogP contribution >= 0.6 is 0 Å². The van der Waals surface area contributed by atoms with Crippen LogP contribution < -0.4 is 10.9 Å². The van der Waals surface area contributed by atoms with Crippen molar-refractivity contribution in [2.45, 2.75) is 39.7 Å². The normalized spacial score (nSPS) is 10.3. The highest BCUT2D eigenvalue weighted by Gasteiger charge is 1.95. The Hall–Kier alpha value is -1.25. The summed E-state index contributed by atoms with van der Waals surface area (Å²) in [5, 5.41) is 3.32. The molecule has 0 spiro atoms. The Labute approximate surface area is 91.1 Å². The summed E-state index contributed by atoms with van der Waals surface area (Å²) < 4.78 is 1.71. The molecule has 0 saturated heterocycles. The summed E-state index contributed by atoms with van der Waals surface area (Å²) in [6.45, 7) is 5.87. The van der Waals surface area contributed by atoms with Gasteiger partial charge in [-0.1, -0.05) is 19.8 Å². The van der Waals surface area contributed by atoms with Crippen LogP contribution in [0.15, 0.2) is 23.1 Å². The van der Waals surface area contributed by atoms with Crippen molar-refractivity contribution in [3.8, 4) is 0 Å². The third-order valence-corrected chi connectivity index (χ3v) is 2.43. The van der Waals surface area contributed by atoms with Crippen LogP contribution in [0.1, 0.15) is 33.1 Å². The van der Waals surface area contributed by atoms with Crippen LogP contribution in [0, 0.1) is 0 Å². The molecule has 0 bridgehead atoms. The van der Waals surface area contributed by atoms with Crippen molar-refractivity contribution < 1.29 is 0 Å². The van der Waals surface area contributed by atoms with Crippen molar-refractivity contribution in [3.05, 3.63) is 28.7 Å². The topological polar surface area (TPSA) is 34.0 Å². The zero-order valence-electron chi connectivity index (χ0n) is 9.62. The Morgan fingerprint density at radius 2 is 2.07 bits per heavy atom. The molecule has 1 aromatic rings. The average Bonchev–Trinajstić information content (AvgIpc) is 2.26. The molecule has 0 aliphatic rings. The number of nitrogens with zero attached hydrogens (tertiary/aromatic N) is 1. The molecule has 1 N–H and O–H groups in total. The standard InChI is InChI=1S/C12H20N2O/c1-3-5-6-9-13-11-7-8-12(15)14(4-2)10-11/h7-8,10,13H,3-6,9H2,1-2H3. The molecule has 3 heteroatoms. The lowest BCUT2D eigenvalue weighted by molar-refractivity contribution is 0.722. The van der Waals surface area contributed by atoms with E-state index < -0.39 is 0 Å². The number of rotatable bonds is 6. The molecule has 0 fully saturated rings. The van der Waals surface area contributed by atoms with E-state index in [1.807, 2.05) is 19.2 Å². The minimum atomic E-state index is 0.0663. The van der Waals surface area contributed by atoms with E-state index in [1.165, 1.54) is 19.3 Å². The Morgan fingerprint density at radius 1 is 1.27 bits per heavy atom. The highest BCUT2D eigenvalue weighted by Crippen LogP contribution is 2.04. The third kappa shape index (κ3) is 3.78. The van der Waals surface area contributed by atoms with Crippen LogP contribution in [0.3, 0.4) is 0 Å². The molecule has 1 aromatic heterocycles. The maximum atomic E-state index is 11.3. The predicted octanol–water partition coefficient (Wildman–Crippen LogP) is 2.47. The van der Waals surface area contributed by atoms with Crippen molar-refractivity contribution in [2.75, 3.05) is 11.9 Å². The molecule has 0 radical (unpaired) electrons. The molecule has 0 aliphatic heterocycles. The van der Waals surface area contributed by atoms with Crippen LogP contribution in [-0.4, -0.2) is 11.1 Å². The second-order valence-corrected chi connectivity index (χ2v) is 3.68. The fourth-order valence-corrected chi connectivity index (χ4v) is 1.49. The van der Waals surface area contributed by atoms with Gasteiger partial charge in [0.25, 0.3) is 5.56 Å². The van der Waals surface area contributed by atoms with Gasteiger partial charge in [-0.3, -0.25) is 4.79 Å². The minimum Gasteiger partial charge on any atom is -0.384 e. The van der Waals surface area contributed by atoms with Gasteiger partial charge in [-0.15, -0.1) is 0 Å². The number of unbranched alkanes of at least 4 members (excludes halogenated alkanes) is 2. The highest BCUT2D eigenvalue weighted by atomic mass is 16.1. The Morgan fingerprint density at radius 3 is 2.73 bits per heavy atom. The number of aromatic nitrogens is 1. The van der Waals surface area contributed by atoms with E-state index in [9.17, 15) is 4.79 Å². The Balaban J connectivity index is 2.51. The van der Waals surface area contributed by atoms with E-state index in [-0.39, 0.29) is 5.56 Å². The number of anilines is 1. The van der Waals surface area contributed by atoms with E-state index in [4.69, 9.17) is 0 Å². The van der Waals surface area contributed by atoms with Crippen molar-refractivity contribution in [1.82, 2.24) is 4.57 Å². The van der Waals surface area contributed by atoms with Gasteiger partial charge >= 0.3 is 0 Å². The summed E-state index contributed by atoms with van der Waals surface area (Å²) in [7, 11) is 0. The molecule has 1 rings (SSSR count). The van der Waals surface area contributed by atoms with Crippen LogP contribution in [0.4, 0.5) is 5.69 Å². The monoisotopic (exact) mass is 208 g/mol. The zero-order valence-corrected chi connectivity index (χ0v) is 9.62. The fraction of sp³-hybridized carbons (Fsp3) is 0.583. The van der Waals surface area contributed by atoms with Gasteiger partial charge in [0.1, 0.15) is 0 Å². The lowest BCUT2D eigenvalue weighted by Crippen LogP contribution is -2.18. The number of aryl methyl sites for hydroxylation is 1. The highest BCUT2D eigenvalue weighted by molar-refractivity contribution is 5.39. The summed E-state index contributed by atoms with van der Waals surface area (Å²) in [5.41, 5.74) is 1.10. The van der Waals surface area contributed by atoms with E-state index in [2.05, 4.69) is 12.2 Å². The quantitative estimate of drug-likeness (QED) is 0.729. The molecular formula is C12H20N2O. The minimum absolute atomic E-state index is 0.0663. The summed E-state index contributed by atoms with van der Waals surface area (Å²) in [4.78, 5) is 11.3. The van der Waals surface area contributed by atoms with Crippen LogP contribution in [0.25, 0.3) is 0 Å². The van der Waals surface area contributed by atoms with Crippen molar-refractivity contribution in [3.63, 3.8) is 0 Å². The first-order valence-corrected chi connectivity index (χ1v) is 5.72. The maximum Gasteiger partial charge on any atom is 0.250 e. The van der Waals surface area contributed by atoms with Gasteiger partial charge in [-0.25, -0.2) is 0 Å². The van der Waals surface area contributed by atoms with Gasteiger partial charge in [0, 0.05) is 25.4 Å². The molecule has 1 heterocycles. The molecular weight excluding hydrogens is 188 g/mol. The molecule has 84 valence electrons. The van der Waals surface area contributed by atoms with Crippen molar-refractivity contribution >= 4 is 5.69 Å². The van der Waals surface area contributed by atoms with Gasteiger partial charge in [0.05, 0.1) is 5.69 Å². The average molecular weight is 208 g/mol. The first kappa shape index (κ1) is 11.8. The molecule has 0 aromatic carbocycles. The molecule has 0 unspecified atom stereocenters. The SMILES string of the molecule is CCCCCNc1ccc(=O)n(CC)c1.